The molecular weight excluding hydrogens is 223 g/mol. The molecule has 0 fully saturated rings. The van der Waals surface area contributed by atoms with Gasteiger partial charge < -0.3 is 10.3 Å². The number of ketones is 1. The minimum absolute atomic E-state index is 0.143. The smallest absolute Gasteiger partial charge is 0.268 e. The van der Waals surface area contributed by atoms with Crippen molar-refractivity contribution < 1.29 is 14.0 Å². The van der Waals surface area contributed by atoms with Gasteiger partial charge in [0.15, 0.2) is 5.78 Å². The van der Waals surface area contributed by atoms with Gasteiger partial charge in [-0.05, 0) is 18.2 Å². The topological polar surface area (TPSA) is 62.0 Å². The maximum Gasteiger partial charge on any atom is 0.268 e. The molecule has 2 aromatic rings. The van der Waals surface area contributed by atoms with Crippen LogP contribution in [0, 0.1) is 5.82 Å². The Labute approximate surface area is 95.8 Å². The number of carbonyl (C=O) groups excluding carboxylic acids is 2. The first-order chi connectivity index (χ1) is 8.16. The number of halogens is 1. The van der Waals surface area contributed by atoms with E-state index in [0.717, 1.165) is 0 Å². The number of fused-ring (bicyclic) bond motifs is 3. The average molecular weight is 232 g/mol. The van der Waals surface area contributed by atoms with E-state index in [1.807, 2.05) is 0 Å². The summed E-state index contributed by atoms with van der Waals surface area (Å²) in [6, 6.07) is 4.10. The molecule has 0 aliphatic carbocycles. The molecule has 1 aliphatic heterocycles. The van der Waals surface area contributed by atoms with Crippen LogP contribution in [-0.4, -0.2) is 23.2 Å². The van der Waals surface area contributed by atoms with E-state index >= 15 is 0 Å². The summed E-state index contributed by atoms with van der Waals surface area (Å²) in [5.74, 6) is -0.880. The molecule has 5 heteroatoms. The van der Waals surface area contributed by atoms with E-state index < -0.39 is 5.82 Å². The summed E-state index contributed by atoms with van der Waals surface area (Å²) < 4.78 is 13.2. The molecule has 3 rings (SSSR count). The van der Waals surface area contributed by atoms with Gasteiger partial charge in [-0.1, -0.05) is 0 Å². The van der Waals surface area contributed by atoms with Crippen LogP contribution in [-0.2, 0) is 0 Å². The largest absolute Gasteiger partial charge is 0.350 e. The van der Waals surface area contributed by atoms with Crippen molar-refractivity contribution in [3.63, 3.8) is 0 Å². The molecule has 2 heterocycles. The normalized spacial score (nSPS) is 15.6. The van der Waals surface area contributed by atoms with E-state index in [4.69, 9.17) is 0 Å². The summed E-state index contributed by atoms with van der Waals surface area (Å²) in [5, 5.41) is 3.10. The predicted octanol–water partition coefficient (Wildman–Crippen LogP) is 1.62. The summed E-state index contributed by atoms with van der Waals surface area (Å²) in [4.78, 5) is 26.5. The summed E-state index contributed by atoms with van der Waals surface area (Å²) in [7, 11) is 0. The van der Waals surface area contributed by atoms with Gasteiger partial charge in [-0.2, -0.15) is 0 Å². The van der Waals surface area contributed by atoms with Gasteiger partial charge in [0.25, 0.3) is 5.91 Å². The van der Waals surface area contributed by atoms with E-state index in [9.17, 15) is 14.0 Å². The maximum absolute atomic E-state index is 13.2. The van der Waals surface area contributed by atoms with Crippen LogP contribution in [0.15, 0.2) is 18.2 Å². The Balaban J connectivity index is 2.38. The van der Waals surface area contributed by atoms with Crippen molar-refractivity contribution in [2.75, 3.05) is 6.54 Å². The molecule has 86 valence electrons. The number of aromatic amines is 1. The molecule has 0 spiro atoms. The lowest BCUT2D eigenvalue weighted by atomic mass is 10.0. The number of benzene rings is 1. The number of hydrogen-bond acceptors (Lipinski definition) is 2. The third-order valence-electron chi connectivity index (χ3n) is 2.90. The molecule has 4 nitrogen and oxygen atoms in total. The van der Waals surface area contributed by atoms with Gasteiger partial charge in [0.05, 0.1) is 5.56 Å². The van der Waals surface area contributed by atoms with Crippen LogP contribution >= 0.6 is 0 Å². The minimum atomic E-state index is -0.420. The Morgan fingerprint density at radius 1 is 1.24 bits per heavy atom. The molecule has 0 atom stereocenters. The van der Waals surface area contributed by atoms with Crippen LogP contribution in [0.1, 0.15) is 27.3 Å². The van der Waals surface area contributed by atoms with Crippen LogP contribution in [0.5, 0.6) is 0 Å². The Bertz CT molecular complexity index is 645. The highest BCUT2D eigenvalue weighted by atomic mass is 19.1. The lowest BCUT2D eigenvalue weighted by Crippen LogP contribution is -2.23. The first-order valence-electron chi connectivity index (χ1n) is 5.29. The first kappa shape index (κ1) is 10.0. The summed E-state index contributed by atoms with van der Waals surface area (Å²) >= 11 is 0. The summed E-state index contributed by atoms with van der Waals surface area (Å²) in [6.07, 6.45) is 0.238. The molecule has 0 saturated heterocycles. The SMILES string of the molecule is O=C1NCCC(=O)c2c1[nH]c1ccc(F)cc21. The number of rotatable bonds is 0. The lowest BCUT2D eigenvalue weighted by molar-refractivity contribution is 0.0952. The molecule has 0 unspecified atom stereocenters. The molecule has 0 bridgehead atoms. The minimum Gasteiger partial charge on any atom is -0.350 e. The molecule has 1 aliphatic rings. The Morgan fingerprint density at radius 3 is 2.88 bits per heavy atom. The zero-order valence-corrected chi connectivity index (χ0v) is 8.84. The highest BCUT2D eigenvalue weighted by Crippen LogP contribution is 2.25. The third-order valence-corrected chi connectivity index (χ3v) is 2.90. The molecule has 1 aromatic carbocycles. The van der Waals surface area contributed by atoms with Crippen molar-refractivity contribution in [1.29, 1.82) is 0 Å². The molecule has 1 amide bonds. The lowest BCUT2D eigenvalue weighted by Gasteiger charge is -1.96. The van der Waals surface area contributed by atoms with Crippen molar-refractivity contribution in [3.05, 3.63) is 35.3 Å². The fraction of sp³-hybridized carbons (Fsp3) is 0.167. The van der Waals surface area contributed by atoms with Crippen molar-refractivity contribution in [2.24, 2.45) is 0 Å². The zero-order valence-electron chi connectivity index (χ0n) is 8.84. The monoisotopic (exact) mass is 232 g/mol. The molecule has 0 saturated carbocycles. The second kappa shape index (κ2) is 3.41. The van der Waals surface area contributed by atoms with E-state index in [-0.39, 0.29) is 23.8 Å². The second-order valence-corrected chi connectivity index (χ2v) is 3.99. The Morgan fingerprint density at radius 2 is 2.06 bits per heavy atom. The number of aromatic nitrogens is 1. The van der Waals surface area contributed by atoms with Crippen LogP contribution < -0.4 is 5.32 Å². The highest BCUT2D eigenvalue weighted by Gasteiger charge is 2.25. The number of nitrogens with one attached hydrogen (secondary N) is 2. The number of Topliss-reactive ketones (excluding diaryl/α,β-unsaturated/α-hetero) is 1. The van der Waals surface area contributed by atoms with Gasteiger partial charge >= 0.3 is 0 Å². The summed E-state index contributed by atoms with van der Waals surface area (Å²) in [6.45, 7) is 0.316. The molecule has 1 aromatic heterocycles. The molecule has 17 heavy (non-hydrogen) atoms. The zero-order chi connectivity index (χ0) is 12.0. The standard InChI is InChI=1S/C12H9FN2O2/c13-6-1-2-8-7(5-6)10-9(16)3-4-14-12(17)11(10)15-8/h1-2,5,15H,3-4H2,(H,14,17). The van der Waals surface area contributed by atoms with Gasteiger partial charge in [0, 0.05) is 23.9 Å². The number of amides is 1. The summed E-state index contributed by atoms with van der Waals surface area (Å²) in [5.41, 5.74) is 1.13. The van der Waals surface area contributed by atoms with Crippen molar-refractivity contribution >= 4 is 22.6 Å². The van der Waals surface area contributed by atoms with Gasteiger partial charge in [-0.3, -0.25) is 9.59 Å². The predicted molar refractivity (Wildman–Crippen MR) is 59.5 cm³/mol. The first-order valence-corrected chi connectivity index (χ1v) is 5.29. The van der Waals surface area contributed by atoms with Crippen LogP contribution in [0.4, 0.5) is 4.39 Å². The van der Waals surface area contributed by atoms with Crippen molar-refractivity contribution in [1.82, 2.24) is 10.3 Å². The Kier molecular flexibility index (Phi) is 2.01. The third kappa shape index (κ3) is 1.43. The molecule has 2 N–H and O–H groups in total. The van der Waals surface area contributed by atoms with Crippen LogP contribution in [0.25, 0.3) is 10.9 Å². The van der Waals surface area contributed by atoms with E-state index in [1.54, 1.807) is 0 Å². The molecular formula is C12H9FN2O2. The van der Waals surface area contributed by atoms with E-state index in [0.29, 0.717) is 23.0 Å². The fourth-order valence-electron chi connectivity index (χ4n) is 2.13. The average Bonchev–Trinajstić information content (AvgIpc) is 2.60. The van der Waals surface area contributed by atoms with Crippen molar-refractivity contribution in [3.8, 4) is 0 Å². The highest BCUT2D eigenvalue weighted by molar-refractivity contribution is 6.17. The second-order valence-electron chi connectivity index (χ2n) is 3.99. The van der Waals surface area contributed by atoms with Gasteiger partial charge in [-0.15, -0.1) is 0 Å². The fourth-order valence-corrected chi connectivity index (χ4v) is 2.13. The number of hydrogen-bond donors (Lipinski definition) is 2. The Hall–Kier alpha value is -2.17. The van der Waals surface area contributed by atoms with Crippen LogP contribution in [0.2, 0.25) is 0 Å². The van der Waals surface area contributed by atoms with Crippen molar-refractivity contribution in [2.45, 2.75) is 6.42 Å². The van der Waals surface area contributed by atoms with E-state index in [1.165, 1.54) is 18.2 Å². The maximum atomic E-state index is 13.2. The number of H-pyrrole nitrogens is 1. The quantitative estimate of drug-likeness (QED) is 0.725. The van der Waals surface area contributed by atoms with Crippen LogP contribution in [0.3, 0.4) is 0 Å². The van der Waals surface area contributed by atoms with E-state index in [2.05, 4.69) is 10.3 Å². The molecule has 0 radical (unpaired) electrons. The van der Waals surface area contributed by atoms with Gasteiger partial charge in [0.2, 0.25) is 0 Å². The number of carbonyl (C=O) groups is 2. The van der Waals surface area contributed by atoms with Gasteiger partial charge in [0.1, 0.15) is 11.5 Å². The van der Waals surface area contributed by atoms with Gasteiger partial charge in [-0.25, -0.2) is 4.39 Å².